The van der Waals surface area contributed by atoms with E-state index in [0.717, 1.165) is 35.4 Å². The second-order valence-corrected chi connectivity index (χ2v) is 4.98. The molecule has 1 heterocycles. The van der Waals surface area contributed by atoms with E-state index in [0.29, 0.717) is 0 Å². The smallest absolute Gasteiger partial charge is 0.170 e. The lowest BCUT2D eigenvalue weighted by Crippen LogP contribution is -2.14. The molecule has 0 fully saturated rings. The molecule has 5 heteroatoms. The molecule has 0 saturated heterocycles. The van der Waals surface area contributed by atoms with Gasteiger partial charge in [0.15, 0.2) is 4.34 Å². The summed E-state index contributed by atoms with van der Waals surface area (Å²) in [4.78, 5) is 4.40. The van der Waals surface area contributed by atoms with Crippen molar-refractivity contribution in [2.75, 3.05) is 18.8 Å². The van der Waals surface area contributed by atoms with Crippen molar-refractivity contribution < 1.29 is 0 Å². The summed E-state index contributed by atoms with van der Waals surface area (Å²) >= 11 is 3.33. The highest BCUT2D eigenvalue weighted by Crippen LogP contribution is 2.20. The molecular weight excluding hydrogens is 214 g/mol. The average molecular weight is 231 g/mol. The van der Waals surface area contributed by atoms with Gasteiger partial charge < -0.3 is 5.32 Å². The molecule has 0 aliphatic rings. The fourth-order valence-electron chi connectivity index (χ4n) is 0.974. The number of aryl methyl sites for hydroxylation is 1. The van der Waals surface area contributed by atoms with Crippen LogP contribution in [0.2, 0.25) is 0 Å². The topological polar surface area (TPSA) is 37.8 Å². The highest BCUT2D eigenvalue weighted by molar-refractivity contribution is 8.00. The van der Waals surface area contributed by atoms with Gasteiger partial charge in [0.2, 0.25) is 0 Å². The number of aromatic nitrogens is 2. The maximum Gasteiger partial charge on any atom is 0.170 e. The van der Waals surface area contributed by atoms with Gasteiger partial charge in [0.1, 0.15) is 5.82 Å². The van der Waals surface area contributed by atoms with E-state index >= 15 is 0 Å². The van der Waals surface area contributed by atoms with Crippen LogP contribution in [0.5, 0.6) is 0 Å². The molecule has 1 aromatic rings. The Morgan fingerprint density at radius 2 is 2.29 bits per heavy atom. The van der Waals surface area contributed by atoms with Crippen molar-refractivity contribution in [3.8, 4) is 0 Å². The fourth-order valence-corrected chi connectivity index (χ4v) is 2.68. The SMILES string of the molecule is CCNCCCSc1nc(CC)ns1. The molecule has 0 aliphatic carbocycles. The third-order valence-corrected chi connectivity index (χ3v) is 3.70. The first-order valence-corrected chi connectivity index (χ1v) is 6.78. The molecule has 0 radical (unpaired) electrons. The van der Waals surface area contributed by atoms with Crippen LogP contribution in [-0.4, -0.2) is 28.2 Å². The van der Waals surface area contributed by atoms with Crippen LogP contribution in [0.25, 0.3) is 0 Å². The summed E-state index contributed by atoms with van der Waals surface area (Å²) < 4.78 is 5.35. The Morgan fingerprint density at radius 3 is 2.93 bits per heavy atom. The summed E-state index contributed by atoms with van der Waals surface area (Å²) in [6.45, 7) is 6.37. The minimum atomic E-state index is 0.939. The molecule has 1 N–H and O–H groups in total. The van der Waals surface area contributed by atoms with Gasteiger partial charge in [0.25, 0.3) is 0 Å². The first kappa shape index (κ1) is 11.9. The van der Waals surface area contributed by atoms with Gasteiger partial charge >= 0.3 is 0 Å². The van der Waals surface area contributed by atoms with Gasteiger partial charge in [-0.25, -0.2) is 4.98 Å². The van der Waals surface area contributed by atoms with E-state index in [2.05, 4.69) is 28.5 Å². The monoisotopic (exact) mass is 231 g/mol. The zero-order valence-electron chi connectivity index (χ0n) is 8.75. The van der Waals surface area contributed by atoms with E-state index < -0.39 is 0 Å². The van der Waals surface area contributed by atoms with Crippen molar-refractivity contribution in [1.82, 2.24) is 14.7 Å². The Labute approximate surface area is 93.9 Å². The Hall–Kier alpha value is -0.130. The maximum atomic E-state index is 4.40. The summed E-state index contributed by atoms with van der Waals surface area (Å²) in [5.41, 5.74) is 0. The van der Waals surface area contributed by atoms with E-state index in [9.17, 15) is 0 Å². The minimum Gasteiger partial charge on any atom is -0.317 e. The van der Waals surface area contributed by atoms with Crippen molar-refractivity contribution in [3.05, 3.63) is 5.82 Å². The minimum absolute atomic E-state index is 0.939. The van der Waals surface area contributed by atoms with Crippen LogP contribution in [0.15, 0.2) is 4.34 Å². The van der Waals surface area contributed by atoms with Crippen LogP contribution in [0, 0.1) is 0 Å². The van der Waals surface area contributed by atoms with Crippen molar-refractivity contribution in [1.29, 1.82) is 0 Å². The summed E-state index contributed by atoms with van der Waals surface area (Å²) in [5, 5.41) is 3.30. The standard InChI is InChI=1S/C9H17N3S2/c1-3-8-11-9(14-12-8)13-7-5-6-10-4-2/h10H,3-7H2,1-2H3. The van der Waals surface area contributed by atoms with Gasteiger partial charge in [-0.15, -0.1) is 0 Å². The summed E-state index contributed by atoms with van der Waals surface area (Å²) in [6.07, 6.45) is 2.13. The zero-order valence-corrected chi connectivity index (χ0v) is 10.4. The lowest BCUT2D eigenvalue weighted by molar-refractivity contribution is 0.707. The van der Waals surface area contributed by atoms with E-state index in [4.69, 9.17) is 0 Å². The van der Waals surface area contributed by atoms with Crippen molar-refractivity contribution in [2.45, 2.75) is 31.0 Å². The summed E-state index contributed by atoms with van der Waals surface area (Å²) in [5.74, 6) is 2.11. The Morgan fingerprint density at radius 1 is 1.43 bits per heavy atom. The lowest BCUT2D eigenvalue weighted by atomic mass is 10.5. The number of rotatable bonds is 7. The van der Waals surface area contributed by atoms with Gasteiger partial charge in [-0.3, -0.25) is 0 Å². The molecule has 0 spiro atoms. The summed E-state index contributed by atoms with van der Waals surface area (Å²) in [7, 11) is 0. The van der Waals surface area contributed by atoms with Gasteiger partial charge in [-0.1, -0.05) is 25.6 Å². The second-order valence-electron chi connectivity index (χ2n) is 2.89. The van der Waals surface area contributed by atoms with Crippen molar-refractivity contribution in [2.24, 2.45) is 0 Å². The quantitative estimate of drug-likeness (QED) is 0.576. The molecule has 14 heavy (non-hydrogen) atoms. The summed E-state index contributed by atoms with van der Waals surface area (Å²) in [6, 6.07) is 0. The van der Waals surface area contributed by atoms with E-state index in [1.54, 1.807) is 0 Å². The first-order valence-electron chi connectivity index (χ1n) is 5.03. The van der Waals surface area contributed by atoms with Crippen LogP contribution in [-0.2, 0) is 6.42 Å². The molecule has 3 nitrogen and oxygen atoms in total. The number of nitrogens with one attached hydrogen (secondary N) is 1. The van der Waals surface area contributed by atoms with Crippen LogP contribution in [0.1, 0.15) is 26.1 Å². The van der Waals surface area contributed by atoms with E-state index in [1.165, 1.54) is 18.0 Å². The van der Waals surface area contributed by atoms with Gasteiger partial charge in [0, 0.05) is 12.2 Å². The number of hydrogen-bond acceptors (Lipinski definition) is 5. The van der Waals surface area contributed by atoms with Gasteiger partial charge in [-0.05, 0) is 31.0 Å². The van der Waals surface area contributed by atoms with E-state index in [-0.39, 0.29) is 0 Å². The molecule has 1 rings (SSSR count). The highest BCUT2D eigenvalue weighted by Gasteiger charge is 2.01. The first-order chi connectivity index (χ1) is 6.86. The zero-order chi connectivity index (χ0) is 10.2. The molecular formula is C9H17N3S2. The van der Waals surface area contributed by atoms with Gasteiger partial charge in [-0.2, -0.15) is 4.37 Å². The van der Waals surface area contributed by atoms with Crippen molar-refractivity contribution >= 4 is 23.3 Å². The molecule has 1 aromatic heterocycles. The molecule has 0 atom stereocenters. The third kappa shape index (κ3) is 4.39. The Balaban J connectivity index is 2.12. The molecule has 0 saturated carbocycles. The van der Waals surface area contributed by atoms with Crippen LogP contribution in [0.4, 0.5) is 0 Å². The molecule has 80 valence electrons. The highest BCUT2D eigenvalue weighted by atomic mass is 32.2. The number of hydrogen-bond donors (Lipinski definition) is 1. The normalized spacial score (nSPS) is 10.7. The van der Waals surface area contributed by atoms with Crippen LogP contribution >= 0.6 is 23.3 Å². The largest absolute Gasteiger partial charge is 0.317 e. The van der Waals surface area contributed by atoms with Crippen molar-refractivity contribution in [3.63, 3.8) is 0 Å². The number of thioether (sulfide) groups is 1. The average Bonchev–Trinajstić information content (AvgIpc) is 2.65. The Kier molecular flexibility index (Phi) is 6.14. The molecule has 0 unspecified atom stereocenters. The third-order valence-electron chi connectivity index (χ3n) is 1.74. The predicted molar refractivity (Wildman–Crippen MR) is 63.2 cm³/mol. The molecule has 0 aromatic carbocycles. The predicted octanol–water partition coefficient (Wildman–Crippen LogP) is 2.19. The molecule has 0 amide bonds. The molecule has 0 aliphatic heterocycles. The fraction of sp³-hybridized carbons (Fsp3) is 0.778. The van der Waals surface area contributed by atoms with Gasteiger partial charge in [0.05, 0.1) is 0 Å². The van der Waals surface area contributed by atoms with E-state index in [1.807, 2.05) is 11.8 Å². The lowest BCUT2D eigenvalue weighted by Gasteiger charge is -1.98. The number of nitrogens with zero attached hydrogens (tertiary/aromatic N) is 2. The Bertz CT molecular complexity index is 250. The van der Waals surface area contributed by atoms with Crippen LogP contribution in [0.3, 0.4) is 0 Å². The maximum absolute atomic E-state index is 4.40. The second kappa shape index (κ2) is 7.20. The van der Waals surface area contributed by atoms with Crippen LogP contribution < -0.4 is 5.32 Å². The molecule has 0 bridgehead atoms.